The molecule has 0 radical (unpaired) electrons. The number of nitrogens with zero attached hydrogens (tertiary/aromatic N) is 2. The molecule has 116 valence electrons. The van der Waals surface area contributed by atoms with Crippen molar-refractivity contribution in [3.63, 3.8) is 0 Å². The van der Waals surface area contributed by atoms with Gasteiger partial charge in [-0.25, -0.2) is 0 Å². The van der Waals surface area contributed by atoms with Crippen LogP contribution in [0.5, 0.6) is 0 Å². The highest BCUT2D eigenvalue weighted by Gasteiger charge is 2.34. The minimum absolute atomic E-state index is 0.197. The Kier molecular flexibility index (Phi) is 5.41. The van der Waals surface area contributed by atoms with Crippen LogP contribution in [-0.2, 0) is 4.79 Å². The summed E-state index contributed by atoms with van der Waals surface area (Å²) in [6, 6.07) is 0.809. The first kappa shape index (κ1) is 15.7. The molecule has 0 aromatic carbocycles. The molecule has 2 rings (SSSR count). The molecule has 2 aliphatic heterocycles. The van der Waals surface area contributed by atoms with E-state index in [0.717, 1.165) is 13.1 Å². The van der Waals surface area contributed by atoms with E-state index >= 15 is 0 Å². The standard InChI is InChI=1S/C15H29N3O2/c1-11(2)16-14(15(19)20)10-18-9-13-6-4-5-7-17(13)8-12(18)3/h11-14,16H,4-10H2,1-3H3,(H,19,20). The summed E-state index contributed by atoms with van der Waals surface area (Å²) >= 11 is 0. The van der Waals surface area contributed by atoms with Gasteiger partial charge in [-0.05, 0) is 26.3 Å². The maximum Gasteiger partial charge on any atom is 0.322 e. The van der Waals surface area contributed by atoms with Crippen molar-refractivity contribution in [2.75, 3.05) is 26.2 Å². The van der Waals surface area contributed by atoms with E-state index < -0.39 is 12.0 Å². The first-order valence-corrected chi connectivity index (χ1v) is 7.94. The van der Waals surface area contributed by atoms with Crippen LogP contribution in [0.3, 0.4) is 0 Å². The zero-order valence-corrected chi connectivity index (χ0v) is 13.0. The molecule has 0 saturated carbocycles. The second-order valence-corrected chi connectivity index (χ2v) is 6.66. The predicted molar refractivity (Wildman–Crippen MR) is 79.9 cm³/mol. The van der Waals surface area contributed by atoms with E-state index in [-0.39, 0.29) is 6.04 Å². The van der Waals surface area contributed by atoms with Crippen molar-refractivity contribution in [3.05, 3.63) is 0 Å². The molecule has 20 heavy (non-hydrogen) atoms. The molecule has 3 unspecified atom stereocenters. The lowest BCUT2D eigenvalue weighted by Crippen LogP contribution is -2.61. The van der Waals surface area contributed by atoms with Crippen molar-refractivity contribution >= 4 is 5.97 Å². The Morgan fingerprint density at radius 1 is 1.35 bits per heavy atom. The molecule has 5 heteroatoms. The Hall–Kier alpha value is -0.650. The number of aliphatic carboxylic acids is 1. The Morgan fingerprint density at radius 2 is 2.10 bits per heavy atom. The molecule has 0 aromatic heterocycles. The third-order valence-corrected chi connectivity index (χ3v) is 4.57. The fourth-order valence-electron chi connectivity index (χ4n) is 3.51. The summed E-state index contributed by atoms with van der Waals surface area (Å²) < 4.78 is 0. The molecular weight excluding hydrogens is 254 g/mol. The molecule has 0 spiro atoms. The maximum atomic E-state index is 11.4. The molecular formula is C15H29N3O2. The van der Waals surface area contributed by atoms with E-state index in [0.29, 0.717) is 18.6 Å². The van der Waals surface area contributed by atoms with Gasteiger partial charge in [0, 0.05) is 37.8 Å². The zero-order valence-electron chi connectivity index (χ0n) is 13.0. The van der Waals surface area contributed by atoms with Gasteiger partial charge >= 0.3 is 5.97 Å². The second-order valence-electron chi connectivity index (χ2n) is 6.66. The van der Waals surface area contributed by atoms with E-state index in [9.17, 15) is 9.90 Å². The lowest BCUT2D eigenvalue weighted by molar-refractivity contribution is -0.140. The third-order valence-electron chi connectivity index (χ3n) is 4.57. The summed E-state index contributed by atoms with van der Waals surface area (Å²) in [7, 11) is 0. The number of fused-ring (bicyclic) bond motifs is 1. The summed E-state index contributed by atoms with van der Waals surface area (Å²) in [6.45, 7) is 10.1. The van der Waals surface area contributed by atoms with Crippen LogP contribution >= 0.6 is 0 Å². The van der Waals surface area contributed by atoms with Gasteiger partial charge in [0.2, 0.25) is 0 Å². The van der Waals surface area contributed by atoms with Crippen LogP contribution in [0.1, 0.15) is 40.0 Å². The smallest absolute Gasteiger partial charge is 0.322 e. The third kappa shape index (κ3) is 3.93. The molecule has 0 amide bonds. The SMILES string of the molecule is CC(C)NC(CN1CC2CCCCN2CC1C)C(=O)O. The van der Waals surface area contributed by atoms with Crippen molar-refractivity contribution < 1.29 is 9.90 Å². The van der Waals surface area contributed by atoms with Gasteiger partial charge in [0.25, 0.3) is 0 Å². The molecule has 2 N–H and O–H groups in total. The number of carboxylic acid groups (broad SMARTS) is 1. The molecule has 5 nitrogen and oxygen atoms in total. The minimum atomic E-state index is -0.739. The van der Waals surface area contributed by atoms with Gasteiger partial charge in [-0.3, -0.25) is 14.6 Å². The highest BCUT2D eigenvalue weighted by Crippen LogP contribution is 2.24. The van der Waals surface area contributed by atoms with Crippen molar-refractivity contribution in [2.45, 2.75) is 64.2 Å². The number of piperidine rings is 1. The van der Waals surface area contributed by atoms with Gasteiger partial charge in [-0.15, -0.1) is 0 Å². The van der Waals surface area contributed by atoms with Crippen LogP contribution < -0.4 is 5.32 Å². The fraction of sp³-hybridized carbons (Fsp3) is 0.933. The normalized spacial score (nSPS) is 30.2. The summed E-state index contributed by atoms with van der Waals surface area (Å²) in [5.41, 5.74) is 0. The van der Waals surface area contributed by atoms with Gasteiger partial charge in [-0.2, -0.15) is 0 Å². The van der Waals surface area contributed by atoms with Crippen LogP contribution in [0.2, 0.25) is 0 Å². The van der Waals surface area contributed by atoms with Crippen LogP contribution in [0, 0.1) is 0 Å². The highest BCUT2D eigenvalue weighted by molar-refractivity contribution is 5.73. The predicted octanol–water partition coefficient (Wildman–Crippen LogP) is 0.996. The first-order valence-electron chi connectivity index (χ1n) is 7.94. The molecule has 2 fully saturated rings. The van der Waals surface area contributed by atoms with Crippen molar-refractivity contribution in [2.24, 2.45) is 0 Å². The Morgan fingerprint density at radius 3 is 2.75 bits per heavy atom. The number of nitrogens with one attached hydrogen (secondary N) is 1. The molecule has 2 aliphatic rings. The average Bonchev–Trinajstić information content (AvgIpc) is 2.38. The first-order chi connectivity index (χ1) is 9.47. The average molecular weight is 283 g/mol. The van der Waals surface area contributed by atoms with E-state index in [2.05, 4.69) is 22.0 Å². The van der Waals surface area contributed by atoms with Crippen molar-refractivity contribution in [3.8, 4) is 0 Å². The van der Waals surface area contributed by atoms with Gasteiger partial charge in [0.05, 0.1) is 0 Å². The molecule has 0 aromatic rings. The van der Waals surface area contributed by atoms with Crippen LogP contribution in [0.15, 0.2) is 0 Å². The lowest BCUT2D eigenvalue weighted by atomic mass is 9.96. The van der Waals surface area contributed by atoms with Gasteiger partial charge in [0.15, 0.2) is 0 Å². The number of hydrogen-bond donors (Lipinski definition) is 2. The maximum absolute atomic E-state index is 11.4. The Labute approximate surface area is 122 Å². The van der Waals surface area contributed by atoms with Crippen LogP contribution in [0.4, 0.5) is 0 Å². The van der Waals surface area contributed by atoms with Crippen molar-refractivity contribution in [1.82, 2.24) is 15.1 Å². The Bertz CT molecular complexity index is 335. The van der Waals surface area contributed by atoms with Gasteiger partial charge < -0.3 is 10.4 Å². The summed E-state index contributed by atoms with van der Waals surface area (Å²) in [4.78, 5) is 16.4. The number of rotatable bonds is 5. The fourth-order valence-corrected chi connectivity index (χ4v) is 3.51. The topological polar surface area (TPSA) is 55.8 Å². The van der Waals surface area contributed by atoms with E-state index in [4.69, 9.17) is 0 Å². The number of carbonyl (C=O) groups is 1. The molecule has 2 saturated heterocycles. The summed E-state index contributed by atoms with van der Waals surface area (Å²) in [5, 5.41) is 12.5. The van der Waals surface area contributed by atoms with E-state index in [1.165, 1.54) is 25.8 Å². The molecule has 2 heterocycles. The number of hydrogen-bond acceptors (Lipinski definition) is 4. The lowest BCUT2D eigenvalue weighted by Gasteiger charge is -2.48. The molecule has 0 aliphatic carbocycles. The van der Waals surface area contributed by atoms with Gasteiger partial charge in [0.1, 0.15) is 6.04 Å². The zero-order chi connectivity index (χ0) is 14.7. The second kappa shape index (κ2) is 6.87. The molecule has 3 atom stereocenters. The summed E-state index contributed by atoms with van der Waals surface area (Å²) in [6.07, 6.45) is 3.89. The Balaban J connectivity index is 1.94. The van der Waals surface area contributed by atoms with Crippen LogP contribution in [0.25, 0.3) is 0 Å². The quantitative estimate of drug-likeness (QED) is 0.788. The minimum Gasteiger partial charge on any atom is -0.480 e. The number of piperazine rings is 1. The highest BCUT2D eigenvalue weighted by atomic mass is 16.4. The van der Waals surface area contributed by atoms with Gasteiger partial charge in [-0.1, -0.05) is 20.3 Å². The monoisotopic (exact) mass is 283 g/mol. The van der Waals surface area contributed by atoms with E-state index in [1.807, 2.05) is 13.8 Å². The van der Waals surface area contributed by atoms with E-state index in [1.54, 1.807) is 0 Å². The van der Waals surface area contributed by atoms with Crippen molar-refractivity contribution in [1.29, 1.82) is 0 Å². The molecule has 0 bridgehead atoms. The van der Waals surface area contributed by atoms with Crippen LogP contribution in [-0.4, -0.2) is 71.2 Å². The largest absolute Gasteiger partial charge is 0.480 e. The number of carboxylic acids is 1. The summed E-state index contributed by atoms with van der Waals surface area (Å²) in [5.74, 6) is -0.739.